The molecule has 1 saturated heterocycles. The standard InChI is InChI=1S/C25H25NO5/c1-16(2)24(28)30-21-11-9-19(10-12-21)18-5-7-20(8-6-18)23(27)26-14-13-22(15-26)31-25(29)17(3)4/h5-12,22H,1,3,13-15H2,2,4H3. The molecule has 160 valence electrons. The van der Waals surface area contributed by atoms with Gasteiger partial charge in [-0.15, -0.1) is 0 Å². The molecule has 1 heterocycles. The Morgan fingerprint density at radius 2 is 1.42 bits per heavy atom. The predicted molar refractivity (Wildman–Crippen MR) is 118 cm³/mol. The van der Waals surface area contributed by atoms with Crippen LogP contribution in [0.25, 0.3) is 11.1 Å². The van der Waals surface area contributed by atoms with Gasteiger partial charge in [0.05, 0.1) is 6.54 Å². The van der Waals surface area contributed by atoms with Crippen molar-refractivity contribution in [1.29, 1.82) is 0 Å². The van der Waals surface area contributed by atoms with E-state index in [9.17, 15) is 14.4 Å². The van der Waals surface area contributed by atoms with Crippen LogP contribution in [0.2, 0.25) is 0 Å². The summed E-state index contributed by atoms with van der Waals surface area (Å²) in [6.45, 7) is 11.3. The van der Waals surface area contributed by atoms with E-state index in [1.165, 1.54) is 0 Å². The Labute approximate surface area is 181 Å². The average Bonchev–Trinajstić information content (AvgIpc) is 3.22. The van der Waals surface area contributed by atoms with Gasteiger partial charge in [0.1, 0.15) is 11.9 Å². The molecule has 0 aromatic heterocycles. The zero-order valence-corrected chi connectivity index (χ0v) is 17.7. The Hall–Kier alpha value is -3.67. The minimum absolute atomic E-state index is 0.0949. The van der Waals surface area contributed by atoms with Crippen LogP contribution in [0.15, 0.2) is 72.8 Å². The van der Waals surface area contributed by atoms with E-state index in [4.69, 9.17) is 9.47 Å². The van der Waals surface area contributed by atoms with E-state index in [0.717, 1.165) is 11.1 Å². The fourth-order valence-electron chi connectivity index (χ4n) is 3.16. The van der Waals surface area contributed by atoms with E-state index < -0.39 is 11.9 Å². The van der Waals surface area contributed by atoms with E-state index in [1.807, 2.05) is 24.3 Å². The summed E-state index contributed by atoms with van der Waals surface area (Å²) >= 11 is 0. The van der Waals surface area contributed by atoms with E-state index in [1.54, 1.807) is 43.0 Å². The molecule has 0 saturated carbocycles. The van der Waals surface area contributed by atoms with Crippen LogP contribution in [0.1, 0.15) is 30.6 Å². The number of likely N-dealkylation sites (tertiary alicyclic amines) is 1. The van der Waals surface area contributed by atoms with Gasteiger partial charge in [-0.25, -0.2) is 9.59 Å². The van der Waals surface area contributed by atoms with Crippen molar-refractivity contribution in [2.24, 2.45) is 0 Å². The molecule has 1 amide bonds. The number of rotatable bonds is 6. The first-order valence-corrected chi connectivity index (χ1v) is 9.98. The maximum Gasteiger partial charge on any atom is 0.338 e. The Morgan fingerprint density at radius 1 is 0.871 bits per heavy atom. The van der Waals surface area contributed by atoms with Crippen LogP contribution in [0.3, 0.4) is 0 Å². The van der Waals surface area contributed by atoms with Gasteiger partial charge in [0.2, 0.25) is 0 Å². The van der Waals surface area contributed by atoms with E-state index in [0.29, 0.717) is 42.0 Å². The second-order valence-electron chi connectivity index (χ2n) is 7.62. The zero-order valence-electron chi connectivity index (χ0n) is 17.7. The molecular formula is C25H25NO5. The highest BCUT2D eigenvalue weighted by atomic mass is 16.5. The lowest BCUT2D eigenvalue weighted by Crippen LogP contribution is -2.30. The summed E-state index contributed by atoms with van der Waals surface area (Å²) in [5.41, 5.74) is 3.12. The van der Waals surface area contributed by atoms with Crippen molar-refractivity contribution in [2.75, 3.05) is 13.1 Å². The van der Waals surface area contributed by atoms with E-state index >= 15 is 0 Å². The molecule has 1 atom stereocenters. The van der Waals surface area contributed by atoms with Crippen molar-refractivity contribution in [3.8, 4) is 16.9 Å². The number of carbonyl (C=O) groups excluding carboxylic acids is 3. The largest absolute Gasteiger partial charge is 0.457 e. The molecule has 31 heavy (non-hydrogen) atoms. The van der Waals surface area contributed by atoms with Crippen molar-refractivity contribution in [3.63, 3.8) is 0 Å². The van der Waals surface area contributed by atoms with E-state index in [-0.39, 0.29) is 12.0 Å². The molecule has 2 aromatic rings. The molecule has 1 aliphatic heterocycles. The van der Waals surface area contributed by atoms with Crippen LogP contribution in [-0.2, 0) is 14.3 Å². The maximum absolute atomic E-state index is 12.8. The fraction of sp³-hybridized carbons (Fsp3) is 0.240. The number of benzene rings is 2. The van der Waals surface area contributed by atoms with Gasteiger partial charge in [-0.2, -0.15) is 0 Å². The molecule has 6 nitrogen and oxygen atoms in total. The van der Waals surface area contributed by atoms with Crippen LogP contribution in [0.5, 0.6) is 5.75 Å². The minimum Gasteiger partial charge on any atom is -0.457 e. The predicted octanol–water partition coefficient (Wildman–Crippen LogP) is 4.17. The van der Waals surface area contributed by atoms with Gasteiger partial charge in [0, 0.05) is 29.7 Å². The van der Waals surface area contributed by atoms with Gasteiger partial charge in [-0.05, 0) is 49.2 Å². The highest BCUT2D eigenvalue weighted by molar-refractivity contribution is 5.95. The first-order valence-electron chi connectivity index (χ1n) is 9.98. The van der Waals surface area contributed by atoms with Crippen LogP contribution in [0, 0.1) is 0 Å². The molecule has 1 unspecified atom stereocenters. The molecule has 3 rings (SSSR count). The number of nitrogens with zero attached hydrogens (tertiary/aromatic N) is 1. The fourth-order valence-corrected chi connectivity index (χ4v) is 3.16. The number of hydrogen-bond acceptors (Lipinski definition) is 5. The molecule has 0 radical (unpaired) electrons. The summed E-state index contributed by atoms with van der Waals surface area (Å²) < 4.78 is 10.5. The molecule has 1 fully saturated rings. The Morgan fingerprint density at radius 3 is 1.97 bits per heavy atom. The molecule has 1 aliphatic rings. The quantitative estimate of drug-likeness (QED) is 0.399. The topological polar surface area (TPSA) is 72.9 Å². The minimum atomic E-state index is -0.464. The van der Waals surface area contributed by atoms with Gasteiger partial charge >= 0.3 is 11.9 Å². The Bertz CT molecular complexity index is 1020. The van der Waals surface area contributed by atoms with Crippen molar-refractivity contribution in [2.45, 2.75) is 26.4 Å². The summed E-state index contributed by atoms with van der Waals surface area (Å²) in [5.74, 6) is -0.541. The highest BCUT2D eigenvalue weighted by Crippen LogP contribution is 2.24. The first-order chi connectivity index (χ1) is 14.7. The second-order valence-corrected chi connectivity index (χ2v) is 7.62. The van der Waals surface area contributed by atoms with Crippen LogP contribution < -0.4 is 4.74 Å². The average molecular weight is 419 g/mol. The molecule has 0 spiro atoms. The van der Waals surface area contributed by atoms with Gasteiger partial charge < -0.3 is 14.4 Å². The maximum atomic E-state index is 12.8. The lowest BCUT2D eigenvalue weighted by Gasteiger charge is -2.17. The third kappa shape index (κ3) is 5.48. The summed E-state index contributed by atoms with van der Waals surface area (Å²) in [6, 6.07) is 14.4. The SMILES string of the molecule is C=C(C)C(=O)Oc1ccc(-c2ccc(C(=O)N3CCC(OC(=O)C(=C)C)C3)cc2)cc1. The van der Waals surface area contributed by atoms with Crippen molar-refractivity contribution in [1.82, 2.24) is 4.90 Å². The molecule has 2 aromatic carbocycles. The smallest absolute Gasteiger partial charge is 0.338 e. The number of amides is 1. The first kappa shape index (κ1) is 22.0. The summed E-state index contributed by atoms with van der Waals surface area (Å²) in [4.78, 5) is 37.7. The van der Waals surface area contributed by atoms with Gasteiger partial charge in [0.25, 0.3) is 5.91 Å². The van der Waals surface area contributed by atoms with Crippen molar-refractivity contribution < 1.29 is 23.9 Å². The third-order valence-electron chi connectivity index (χ3n) is 4.93. The van der Waals surface area contributed by atoms with Crippen molar-refractivity contribution >= 4 is 17.8 Å². The van der Waals surface area contributed by atoms with Crippen LogP contribution in [-0.4, -0.2) is 41.9 Å². The lowest BCUT2D eigenvalue weighted by molar-refractivity contribution is -0.143. The molecule has 0 bridgehead atoms. The number of carbonyl (C=O) groups is 3. The van der Waals surface area contributed by atoms with Gasteiger partial charge in [-0.1, -0.05) is 37.4 Å². The zero-order chi connectivity index (χ0) is 22.5. The van der Waals surface area contributed by atoms with Gasteiger partial charge in [0.15, 0.2) is 0 Å². The highest BCUT2D eigenvalue weighted by Gasteiger charge is 2.29. The molecular weight excluding hydrogens is 394 g/mol. The summed E-state index contributed by atoms with van der Waals surface area (Å²) in [5, 5.41) is 0. The molecule has 0 N–H and O–H groups in total. The van der Waals surface area contributed by atoms with Gasteiger partial charge in [-0.3, -0.25) is 4.79 Å². The Kier molecular flexibility index (Phi) is 6.70. The Balaban J connectivity index is 1.62. The number of hydrogen-bond donors (Lipinski definition) is 0. The summed E-state index contributed by atoms with van der Waals surface area (Å²) in [6.07, 6.45) is 0.315. The molecule has 6 heteroatoms. The second kappa shape index (κ2) is 9.43. The van der Waals surface area contributed by atoms with Crippen LogP contribution >= 0.6 is 0 Å². The normalized spacial score (nSPS) is 15.3. The third-order valence-corrected chi connectivity index (χ3v) is 4.93. The lowest BCUT2D eigenvalue weighted by atomic mass is 10.0. The van der Waals surface area contributed by atoms with Crippen molar-refractivity contribution in [3.05, 3.63) is 78.4 Å². The van der Waals surface area contributed by atoms with E-state index in [2.05, 4.69) is 13.2 Å². The number of ether oxygens (including phenoxy) is 2. The molecule has 0 aliphatic carbocycles. The number of esters is 2. The van der Waals surface area contributed by atoms with Crippen LogP contribution in [0.4, 0.5) is 0 Å². The monoisotopic (exact) mass is 419 g/mol. The summed E-state index contributed by atoms with van der Waals surface area (Å²) in [7, 11) is 0.